The van der Waals surface area contributed by atoms with E-state index in [-0.39, 0.29) is 5.41 Å². The molecule has 1 saturated heterocycles. The molecule has 1 heterocycles. The summed E-state index contributed by atoms with van der Waals surface area (Å²) in [5.74, 6) is 1.69. The lowest BCUT2D eigenvalue weighted by molar-refractivity contribution is 0.0514. The summed E-state index contributed by atoms with van der Waals surface area (Å²) in [6.45, 7) is 3.12. The van der Waals surface area contributed by atoms with Gasteiger partial charge in [-0.2, -0.15) is 0 Å². The molecule has 29 heavy (non-hydrogen) atoms. The highest BCUT2D eigenvalue weighted by Crippen LogP contribution is 2.35. The van der Waals surface area contributed by atoms with Crippen LogP contribution in [0, 0.1) is 0 Å². The maximum absolute atomic E-state index is 6.27. The smallest absolute Gasteiger partial charge is 0.191 e. The van der Waals surface area contributed by atoms with Crippen LogP contribution in [0.3, 0.4) is 0 Å². The van der Waals surface area contributed by atoms with Crippen LogP contribution < -0.4 is 15.4 Å². The Labute approximate surface area is 178 Å². The molecule has 1 fully saturated rings. The lowest BCUT2D eigenvalue weighted by Gasteiger charge is -2.38. The zero-order valence-electron chi connectivity index (χ0n) is 17.2. The maximum atomic E-state index is 6.27. The molecule has 0 bridgehead atoms. The minimum absolute atomic E-state index is 0.00322. The lowest BCUT2D eigenvalue weighted by Crippen LogP contribution is -2.48. The van der Waals surface area contributed by atoms with Crippen molar-refractivity contribution in [1.29, 1.82) is 0 Å². The Morgan fingerprint density at radius 1 is 1.14 bits per heavy atom. The zero-order valence-corrected chi connectivity index (χ0v) is 18.0. The largest absolute Gasteiger partial charge is 0.497 e. The molecular weight excluding hydrogens is 386 g/mol. The third-order valence-corrected chi connectivity index (χ3v) is 5.80. The van der Waals surface area contributed by atoms with E-state index in [0.717, 1.165) is 62.3 Å². The molecule has 156 valence electrons. The topological polar surface area (TPSA) is 54.9 Å². The van der Waals surface area contributed by atoms with Gasteiger partial charge >= 0.3 is 0 Å². The van der Waals surface area contributed by atoms with E-state index < -0.39 is 0 Å². The summed E-state index contributed by atoms with van der Waals surface area (Å²) >= 11 is 6.27. The molecule has 2 aromatic rings. The Bertz CT molecular complexity index is 802. The molecule has 0 aromatic heterocycles. The summed E-state index contributed by atoms with van der Waals surface area (Å²) in [5.41, 5.74) is 2.51. The second-order valence-electron chi connectivity index (χ2n) is 7.35. The maximum Gasteiger partial charge on any atom is 0.191 e. The minimum Gasteiger partial charge on any atom is -0.497 e. The first-order valence-electron chi connectivity index (χ1n) is 10.1. The van der Waals surface area contributed by atoms with Gasteiger partial charge in [-0.3, -0.25) is 4.99 Å². The molecule has 1 aliphatic heterocycles. The normalized spacial score (nSPS) is 16.3. The van der Waals surface area contributed by atoms with Gasteiger partial charge in [-0.1, -0.05) is 35.9 Å². The second-order valence-corrected chi connectivity index (χ2v) is 7.79. The van der Waals surface area contributed by atoms with Crippen molar-refractivity contribution in [3.8, 4) is 5.75 Å². The predicted molar refractivity (Wildman–Crippen MR) is 119 cm³/mol. The number of halogens is 1. The minimum atomic E-state index is -0.00322. The Morgan fingerprint density at radius 2 is 1.90 bits per heavy atom. The van der Waals surface area contributed by atoms with E-state index in [9.17, 15) is 0 Å². The Balaban J connectivity index is 1.57. The molecule has 6 heteroatoms. The fourth-order valence-corrected chi connectivity index (χ4v) is 3.93. The van der Waals surface area contributed by atoms with E-state index in [1.807, 2.05) is 24.3 Å². The van der Waals surface area contributed by atoms with Crippen molar-refractivity contribution in [2.45, 2.75) is 24.7 Å². The van der Waals surface area contributed by atoms with E-state index >= 15 is 0 Å². The van der Waals surface area contributed by atoms with Crippen molar-refractivity contribution in [3.63, 3.8) is 0 Å². The van der Waals surface area contributed by atoms with Crippen LogP contribution in [0.1, 0.15) is 24.0 Å². The first-order valence-corrected chi connectivity index (χ1v) is 10.4. The Hall–Kier alpha value is -2.24. The van der Waals surface area contributed by atoms with Crippen LogP contribution in [-0.4, -0.2) is 46.4 Å². The Morgan fingerprint density at radius 3 is 2.55 bits per heavy atom. The summed E-state index contributed by atoms with van der Waals surface area (Å²) in [7, 11) is 3.49. The third kappa shape index (κ3) is 5.87. The van der Waals surface area contributed by atoms with Crippen LogP contribution in [0.15, 0.2) is 53.5 Å². The van der Waals surface area contributed by atoms with Gasteiger partial charge in [-0.15, -0.1) is 0 Å². The standard InChI is InChI=1S/C23H30ClN3O2/c1-25-22(26-13-10-18-6-8-21(28-2)9-7-18)27-17-23(11-14-29-15-12-23)19-4-3-5-20(24)16-19/h3-9,16H,10-15,17H2,1-2H3,(H2,25,26,27). The van der Waals surface area contributed by atoms with Crippen molar-refractivity contribution in [1.82, 2.24) is 10.6 Å². The number of methoxy groups -OCH3 is 1. The van der Waals surface area contributed by atoms with Gasteiger partial charge in [0.05, 0.1) is 7.11 Å². The van der Waals surface area contributed by atoms with Crippen molar-refractivity contribution in [2.24, 2.45) is 4.99 Å². The molecule has 0 amide bonds. The quantitative estimate of drug-likeness (QED) is 0.533. The van der Waals surface area contributed by atoms with Crippen LogP contribution in [-0.2, 0) is 16.6 Å². The SMILES string of the molecule is CN=C(NCCc1ccc(OC)cc1)NCC1(c2cccc(Cl)c2)CCOCC1. The molecule has 0 saturated carbocycles. The Kier molecular flexibility index (Phi) is 7.78. The number of guanidine groups is 1. The van der Waals surface area contributed by atoms with Crippen LogP contribution in [0.4, 0.5) is 0 Å². The van der Waals surface area contributed by atoms with Crippen LogP contribution in [0.5, 0.6) is 5.75 Å². The van der Waals surface area contributed by atoms with Gasteiger partial charge in [-0.05, 0) is 54.7 Å². The summed E-state index contributed by atoms with van der Waals surface area (Å²) < 4.78 is 10.8. The average Bonchev–Trinajstić information content (AvgIpc) is 2.77. The van der Waals surface area contributed by atoms with Gasteiger partial charge in [0.15, 0.2) is 5.96 Å². The molecule has 1 aliphatic rings. The van der Waals surface area contributed by atoms with Gasteiger partial charge in [0, 0.05) is 43.8 Å². The summed E-state index contributed by atoms with van der Waals surface area (Å²) in [6, 6.07) is 16.3. The molecule has 0 aliphatic carbocycles. The summed E-state index contributed by atoms with van der Waals surface area (Å²) in [4.78, 5) is 4.39. The number of rotatable bonds is 7. The number of benzene rings is 2. The number of nitrogens with one attached hydrogen (secondary N) is 2. The van der Waals surface area contributed by atoms with Gasteiger partial charge in [0.2, 0.25) is 0 Å². The molecule has 0 atom stereocenters. The van der Waals surface area contributed by atoms with Crippen LogP contribution in [0.25, 0.3) is 0 Å². The van der Waals surface area contributed by atoms with Gasteiger partial charge in [-0.25, -0.2) is 0 Å². The van der Waals surface area contributed by atoms with E-state index in [1.54, 1.807) is 14.2 Å². The van der Waals surface area contributed by atoms with Crippen molar-refractivity contribution in [3.05, 3.63) is 64.7 Å². The number of hydrogen-bond donors (Lipinski definition) is 2. The molecule has 0 unspecified atom stereocenters. The second kappa shape index (κ2) is 10.5. The molecule has 0 spiro atoms. The fourth-order valence-electron chi connectivity index (χ4n) is 3.74. The summed E-state index contributed by atoms with van der Waals surface area (Å²) in [6.07, 6.45) is 2.84. The van der Waals surface area contributed by atoms with Crippen LogP contribution >= 0.6 is 11.6 Å². The molecule has 5 nitrogen and oxygen atoms in total. The van der Waals surface area contributed by atoms with Crippen molar-refractivity contribution >= 4 is 17.6 Å². The fraction of sp³-hybridized carbons (Fsp3) is 0.435. The highest BCUT2D eigenvalue weighted by atomic mass is 35.5. The van der Waals surface area contributed by atoms with Gasteiger partial charge in [0.1, 0.15) is 5.75 Å². The van der Waals surface area contributed by atoms with Crippen molar-refractivity contribution < 1.29 is 9.47 Å². The van der Waals surface area contributed by atoms with E-state index in [0.29, 0.717) is 0 Å². The first-order chi connectivity index (χ1) is 14.1. The monoisotopic (exact) mass is 415 g/mol. The molecular formula is C23H30ClN3O2. The number of ether oxygens (including phenoxy) is 2. The molecule has 3 rings (SSSR count). The van der Waals surface area contributed by atoms with Crippen molar-refractivity contribution in [2.75, 3.05) is 40.5 Å². The molecule has 2 N–H and O–H groups in total. The highest BCUT2D eigenvalue weighted by molar-refractivity contribution is 6.30. The third-order valence-electron chi connectivity index (χ3n) is 5.57. The van der Waals surface area contributed by atoms with Crippen LogP contribution in [0.2, 0.25) is 5.02 Å². The highest BCUT2D eigenvalue weighted by Gasteiger charge is 2.34. The van der Waals surface area contributed by atoms with E-state index in [2.05, 4.69) is 39.9 Å². The van der Waals surface area contributed by atoms with E-state index in [4.69, 9.17) is 21.1 Å². The molecule has 0 radical (unpaired) electrons. The molecule has 2 aromatic carbocycles. The van der Waals surface area contributed by atoms with Gasteiger partial charge in [0.25, 0.3) is 0 Å². The number of aliphatic imine (C=N–C) groups is 1. The first kappa shape index (κ1) is 21.5. The zero-order chi connectivity index (χ0) is 20.5. The van der Waals surface area contributed by atoms with Gasteiger partial charge < -0.3 is 20.1 Å². The predicted octanol–water partition coefficient (Wildman–Crippen LogP) is 3.80. The number of nitrogens with zero attached hydrogens (tertiary/aromatic N) is 1. The number of hydrogen-bond acceptors (Lipinski definition) is 3. The average molecular weight is 416 g/mol. The summed E-state index contributed by atoms with van der Waals surface area (Å²) in [5, 5.41) is 7.71. The lowest BCUT2D eigenvalue weighted by atomic mass is 9.74. The van der Waals surface area contributed by atoms with E-state index in [1.165, 1.54) is 11.1 Å².